The highest BCUT2D eigenvalue weighted by atomic mass is 79.9. The first-order chi connectivity index (χ1) is 16.8. The van der Waals surface area contributed by atoms with Gasteiger partial charge in [-0.25, -0.2) is 19.7 Å². The first-order valence-electron chi connectivity index (χ1n) is 11.0. The number of ether oxygens (including phenoxy) is 3. The molecule has 0 saturated carbocycles. The smallest absolute Gasteiger partial charge is 0.340 e. The van der Waals surface area contributed by atoms with Gasteiger partial charge in [0.1, 0.15) is 35.7 Å². The highest BCUT2D eigenvalue weighted by molar-refractivity contribution is 9.10. The minimum atomic E-state index is -0.818. The largest absolute Gasteiger partial charge is 0.423 e. The summed E-state index contributed by atoms with van der Waals surface area (Å²) in [6.07, 6.45) is 0.952. The van der Waals surface area contributed by atoms with Crippen LogP contribution in [0, 0.1) is 0 Å². The van der Waals surface area contributed by atoms with Crippen molar-refractivity contribution < 1.29 is 23.7 Å². The summed E-state index contributed by atoms with van der Waals surface area (Å²) in [5, 5.41) is 11.3. The Morgan fingerprint density at radius 2 is 2.06 bits per heavy atom. The Bertz CT molecular complexity index is 1490. The van der Waals surface area contributed by atoms with Crippen LogP contribution >= 0.6 is 27.7 Å². The van der Waals surface area contributed by atoms with Crippen LogP contribution in [-0.2, 0) is 20.0 Å². The van der Waals surface area contributed by atoms with Gasteiger partial charge in [0.15, 0.2) is 22.8 Å². The first kappa shape index (κ1) is 23.1. The van der Waals surface area contributed by atoms with Crippen LogP contribution in [0.25, 0.3) is 22.1 Å². The predicted octanol–water partition coefficient (Wildman–Crippen LogP) is 3.40. The van der Waals surface area contributed by atoms with Crippen LogP contribution < -0.4 is 5.63 Å². The van der Waals surface area contributed by atoms with E-state index in [4.69, 9.17) is 23.6 Å². The third-order valence-corrected chi connectivity index (χ3v) is 7.50. The third-order valence-electron chi connectivity index (χ3n) is 6.01. The molecule has 5 heterocycles. The van der Waals surface area contributed by atoms with Gasteiger partial charge in [-0.1, -0.05) is 27.7 Å². The van der Waals surface area contributed by atoms with Crippen LogP contribution in [-0.4, -0.2) is 55.3 Å². The van der Waals surface area contributed by atoms with E-state index in [9.17, 15) is 9.90 Å². The van der Waals surface area contributed by atoms with Gasteiger partial charge in [-0.2, -0.15) is 0 Å². The molecule has 2 aliphatic rings. The van der Waals surface area contributed by atoms with Gasteiger partial charge in [-0.3, -0.25) is 4.57 Å². The highest BCUT2D eigenvalue weighted by Crippen LogP contribution is 2.45. The molecule has 0 unspecified atom stereocenters. The molecule has 0 radical (unpaired) electrons. The molecular weight excluding hydrogens is 540 g/mol. The summed E-state index contributed by atoms with van der Waals surface area (Å²) >= 11 is 4.81. The number of benzene rings is 1. The number of halogens is 1. The second-order valence-electron chi connectivity index (χ2n) is 8.84. The number of rotatable bonds is 5. The standard InChI is InChI=1S/C23H21BrN4O6S/c1-23(2)33-17-16(8-29)31-20(18(17)34-23)28-19-14(7-25-10-26-19)27-22(28)35-9-12-5-11-6-13(24)3-4-15(11)32-21(12)30/h3-7,10,16-18,20,29H,8-9H2,1-2H3/t16-,17-,18-,20-/m1/s1. The van der Waals surface area contributed by atoms with E-state index in [1.807, 2.05) is 36.6 Å². The number of aliphatic hydroxyl groups excluding tert-OH is 1. The summed E-state index contributed by atoms with van der Waals surface area (Å²) in [5.74, 6) is -0.504. The van der Waals surface area contributed by atoms with E-state index in [0.717, 1.165) is 9.86 Å². The van der Waals surface area contributed by atoms with E-state index in [1.165, 1.54) is 18.1 Å². The molecule has 1 aromatic carbocycles. The Kier molecular flexibility index (Phi) is 5.70. The molecule has 12 heteroatoms. The molecule has 0 bridgehead atoms. The lowest BCUT2D eigenvalue weighted by Crippen LogP contribution is -2.31. The normalized spacial score (nSPS) is 25.5. The van der Waals surface area contributed by atoms with Gasteiger partial charge in [0.2, 0.25) is 0 Å². The molecule has 0 spiro atoms. The molecule has 6 rings (SSSR count). The van der Waals surface area contributed by atoms with Crippen LogP contribution in [0.15, 0.2) is 55.6 Å². The van der Waals surface area contributed by atoms with Crippen molar-refractivity contribution in [3.05, 3.63) is 57.2 Å². The van der Waals surface area contributed by atoms with E-state index in [1.54, 1.807) is 12.3 Å². The molecule has 10 nitrogen and oxygen atoms in total. The number of nitrogens with zero attached hydrogens (tertiary/aromatic N) is 4. The van der Waals surface area contributed by atoms with Crippen molar-refractivity contribution >= 4 is 49.8 Å². The zero-order chi connectivity index (χ0) is 24.3. The number of fused-ring (bicyclic) bond motifs is 3. The van der Waals surface area contributed by atoms with E-state index in [0.29, 0.717) is 33.2 Å². The zero-order valence-corrected chi connectivity index (χ0v) is 21.2. The fourth-order valence-corrected chi connectivity index (χ4v) is 5.91. The molecule has 182 valence electrons. The number of hydrogen-bond acceptors (Lipinski definition) is 10. The summed E-state index contributed by atoms with van der Waals surface area (Å²) in [6.45, 7) is 3.45. The third kappa shape index (κ3) is 4.07. The Morgan fingerprint density at radius 1 is 1.23 bits per heavy atom. The minimum absolute atomic E-state index is 0.213. The van der Waals surface area contributed by atoms with Crippen molar-refractivity contribution in [3.8, 4) is 0 Å². The second-order valence-corrected chi connectivity index (χ2v) is 10.7. The summed E-state index contributed by atoms with van der Waals surface area (Å²) in [7, 11) is 0. The molecule has 3 aromatic heterocycles. The van der Waals surface area contributed by atoms with Gasteiger partial charge in [0.05, 0.1) is 12.8 Å². The number of aromatic nitrogens is 4. The lowest BCUT2D eigenvalue weighted by atomic mass is 10.1. The molecule has 2 aliphatic heterocycles. The highest BCUT2D eigenvalue weighted by Gasteiger charge is 2.56. The summed E-state index contributed by atoms with van der Waals surface area (Å²) in [5.41, 5.74) is 1.77. The monoisotopic (exact) mass is 560 g/mol. The molecule has 0 aliphatic carbocycles. The fourth-order valence-electron chi connectivity index (χ4n) is 4.55. The maximum absolute atomic E-state index is 12.6. The van der Waals surface area contributed by atoms with Crippen molar-refractivity contribution in [1.82, 2.24) is 19.5 Å². The molecule has 2 saturated heterocycles. The zero-order valence-electron chi connectivity index (χ0n) is 18.8. The van der Waals surface area contributed by atoms with E-state index >= 15 is 0 Å². The number of hydrogen-bond donors (Lipinski definition) is 1. The van der Waals surface area contributed by atoms with Crippen molar-refractivity contribution in [2.45, 2.75) is 55.1 Å². The molecule has 2 fully saturated rings. The van der Waals surface area contributed by atoms with Gasteiger partial charge in [-0.05, 0) is 38.1 Å². The molecule has 4 atom stereocenters. The van der Waals surface area contributed by atoms with Crippen molar-refractivity contribution in [3.63, 3.8) is 0 Å². The van der Waals surface area contributed by atoms with E-state index < -0.39 is 36.0 Å². The van der Waals surface area contributed by atoms with Crippen molar-refractivity contribution in [1.29, 1.82) is 0 Å². The molecule has 0 amide bonds. The van der Waals surface area contributed by atoms with Crippen LogP contribution in [0.1, 0.15) is 25.6 Å². The maximum atomic E-state index is 12.6. The van der Waals surface area contributed by atoms with Gasteiger partial charge < -0.3 is 23.7 Å². The lowest BCUT2D eigenvalue weighted by Gasteiger charge is -2.25. The Hall–Kier alpha value is -2.35. The quantitative estimate of drug-likeness (QED) is 0.287. The van der Waals surface area contributed by atoms with Crippen LogP contribution in [0.4, 0.5) is 0 Å². The molecular formula is C23H21BrN4O6S. The molecule has 4 aromatic rings. The first-order valence-corrected chi connectivity index (χ1v) is 12.8. The SMILES string of the molecule is CC1(C)O[C@@H]2[C@H](O1)[C@@H](CO)O[C@H]2n1c(SCc2cc3cc(Br)ccc3oc2=O)nc2cncnc21. The van der Waals surface area contributed by atoms with Gasteiger partial charge in [0, 0.05) is 21.2 Å². The summed E-state index contributed by atoms with van der Waals surface area (Å²) in [4.78, 5) is 25.8. The van der Waals surface area contributed by atoms with E-state index in [2.05, 4.69) is 25.9 Å². The van der Waals surface area contributed by atoms with Crippen molar-refractivity contribution in [2.24, 2.45) is 0 Å². The maximum Gasteiger partial charge on any atom is 0.340 e. The minimum Gasteiger partial charge on any atom is -0.423 e. The summed E-state index contributed by atoms with van der Waals surface area (Å²) < 4.78 is 26.6. The Balaban J connectivity index is 1.38. The Labute approximate surface area is 211 Å². The van der Waals surface area contributed by atoms with Crippen LogP contribution in [0.3, 0.4) is 0 Å². The van der Waals surface area contributed by atoms with Gasteiger partial charge >= 0.3 is 5.63 Å². The average molecular weight is 561 g/mol. The number of thioether (sulfide) groups is 1. The topological polar surface area (TPSA) is 122 Å². The average Bonchev–Trinajstić information content (AvgIpc) is 3.45. The van der Waals surface area contributed by atoms with E-state index in [-0.39, 0.29) is 6.61 Å². The number of aliphatic hydroxyl groups is 1. The van der Waals surface area contributed by atoms with Crippen molar-refractivity contribution in [2.75, 3.05) is 6.61 Å². The lowest BCUT2D eigenvalue weighted by molar-refractivity contribution is -0.200. The molecule has 35 heavy (non-hydrogen) atoms. The second kappa shape index (κ2) is 8.64. The summed E-state index contributed by atoms with van der Waals surface area (Å²) in [6, 6.07) is 7.31. The Morgan fingerprint density at radius 3 is 2.89 bits per heavy atom. The number of imidazole rings is 1. The van der Waals surface area contributed by atoms with Crippen LogP contribution in [0.5, 0.6) is 0 Å². The van der Waals surface area contributed by atoms with Gasteiger partial charge in [0.25, 0.3) is 0 Å². The van der Waals surface area contributed by atoms with Crippen LogP contribution in [0.2, 0.25) is 0 Å². The van der Waals surface area contributed by atoms with Gasteiger partial charge in [-0.15, -0.1) is 0 Å². The molecule has 1 N–H and O–H groups in total. The fraction of sp³-hybridized carbons (Fsp3) is 0.391. The predicted molar refractivity (Wildman–Crippen MR) is 130 cm³/mol.